The largest absolute Gasteiger partial charge is 0.267 e. The van der Waals surface area contributed by atoms with Gasteiger partial charge in [-0.1, -0.05) is 0 Å². The molecule has 0 atom stereocenters. The standard InChI is InChI=1S/C4H2F2N3/c5-4(6)3-1-7-9-8-2-3/h1,4H. The smallest absolute Gasteiger partial charge is 0.205 e. The van der Waals surface area contributed by atoms with Crippen LogP contribution in [-0.4, -0.2) is 15.4 Å². The van der Waals surface area contributed by atoms with Gasteiger partial charge in [-0.2, -0.15) is 0 Å². The Labute approximate surface area is 49.7 Å². The van der Waals surface area contributed by atoms with Crippen LogP contribution < -0.4 is 0 Å². The van der Waals surface area contributed by atoms with Gasteiger partial charge in [0.2, 0.25) is 0 Å². The van der Waals surface area contributed by atoms with E-state index in [1.54, 1.807) is 0 Å². The quantitative estimate of drug-likeness (QED) is 0.559. The van der Waals surface area contributed by atoms with E-state index in [-0.39, 0.29) is 5.56 Å². The van der Waals surface area contributed by atoms with Crippen molar-refractivity contribution in [3.05, 3.63) is 18.0 Å². The molecule has 0 amide bonds. The van der Waals surface area contributed by atoms with Gasteiger partial charge in [0.15, 0.2) is 0 Å². The minimum atomic E-state index is -2.56. The summed E-state index contributed by atoms with van der Waals surface area (Å²) in [6.45, 7) is 0. The third-order valence-electron chi connectivity index (χ3n) is 0.707. The molecule has 0 N–H and O–H groups in total. The maximum atomic E-state index is 11.6. The number of halogens is 2. The van der Waals surface area contributed by atoms with E-state index in [0.717, 1.165) is 6.20 Å². The first-order valence-corrected chi connectivity index (χ1v) is 2.15. The first-order valence-electron chi connectivity index (χ1n) is 2.15. The molecule has 1 aromatic rings. The highest BCUT2D eigenvalue weighted by atomic mass is 19.3. The Morgan fingerprint density at radius 1 is 1.56 bits per heavy atom. The Morgan fingerprint density at radius 2 is 2.33 bits per heavy atom. The van der Waals surface area contributed by atoms with Gasteiger partial charge in [0.1, 0.15) is 6.20 Å². The Kier molecular flexibility index (Phi) is 1.62. The van der Waals surface area contributed by atoms with Crippen molar-refractivity contribution >= 4 is 0 Å². The number of alkyl halides is 2. The molecule has 0 aliphatic carbocycles. The minimum Gasteiger partial charge on any atom is -0.205 e. The fourth-order valence-corrected chi connectivity index (χ4v) is 0.328. The molecule has 1 aromatic heterocycles. The first-order chi connectivity index (χ1) is 4.30. The molecule has 0 aliphatic heterocycles. The number of nitrogens with zero attached hydrogens (tertiary/aromatic N) is 3. The van der Waals surface area contributed by atoms with Crippen molar-refractivity contribution in [1.82, 2.24) is 15.4 Å². The summed E-state index contributed by atoms with van der Waals surface area (Å²) < 4.78 is 23.3. The monoisotopic (exact) mass is 130 g/mol. The lowest BCUT2D eigenvalue weighted by Crippen LogP contribution is -1.91. The Balaban J connectivity index is 2.85. The molecular formula is C4H2F2N3. The lowest BCUT2D eigenvalue weighted by molar-refractivity contribution is 0.149. The Morgan fingerprint density at radius 3 is 2.67 bits per heavy atom. The van der Waals surface area contributed by atoms with Gasteiger partial charge < -0.3 is 0 Å². The fraction of sp³-hybridized carbons (Fsp3) is 0.250. The number of aromatic nitrogens is 3. The third kappa shape index (κ3) is 1.38. The fourth-order valence-electron chi connectivity index (χ4n) is 0.328. The van der Waals surface area contributed by atoms with Crippen LogP contribution in [0.4, 0.5) is 8.78 Å². The summed E-state index contributed by atoms with van der Waals surface area (Å²) in [4.78, 5) is 0. The highest BCUT2D eigenvalue weighted by Gasteiger charge is 2.06. The zero-order valence-electron chi connectivity index (χ0n) is 4.25. The maximum Gasteiger partial charge on any atom is 0.267 e. The predicted octanol–water partition coefficient (Wildman–Crippen LogP) is 0.609. The second kappa shape index (κ2) is 2.43. The molecule has 9 heavy (non-hydrogen) atoms. The van der Waals surface area contributed by atoms with E-state index >= 15 is 0 Å². The van der Waals surface area contributed by atoms with Crippen molar-refractivity contribution in [1.29, 1.82) is 0 Å². The van der Waals surface area contributed by atoms with E-state index in [1.807, 2.05) is 6.20 Å². The molecule has 0 saturated carbocycles. The Hall–Kier alpha value is -1.13. The van der Waals surface area contributed by atoms with Crippen molar-refractivity contribution in [2.75, 3.05) is 0 Å². The molecule has 0 saturated heterocycles. The van der Waals surface area contributed by atoms with Crippen LogP contribution in [0.3, 0.4) is 0 Å². The molecule has 0 bridgehead atoms. The summed E-state index contributed by atoms with van der Waals surface area (Å²) in [5.74, 6) is 0. The SMILES string of the molecule is FC(F)c1[c]nnnc1. The highest BCUT2D eigenvalue weighted by molar-refractivity contribution is 4.99. The number of hydrogen-bond acceptors (Lipinski definition) is 3. The first kappa shape index (κ1) is 6.00. The van der Waals surface area contributed by atoms with Crippen molar-refractivity contribution in [3.63, 3.8) is 0 Å². The van der Waals surface area contributed by atoms with Crippen LogP contribution in [0.5, 0.6) is 0 Å². The summed E-state index contributed by atoms with van der Waals surface area (Å²) in [7, 11) is 0. The summed E-state index contributed by atoms with van der Waals surface area (Å²) in [5.41, 5.74) is -0.329. The molecule has 0 spiro atoms. The van der Waals surface area contributed by atoms with Gasteiger partial charge in [-0.15, -0.1) is 10.2 Å². The normalized spacial score (nSPS) is 10.1. The van der Waals surface area contributed by atoms with E-state index in [0.29, 0.717) is 0 Å². The van der Waals surface area contributed by atoms with E-state index in [9.17, 15) is 8.78 Å². The molecular weight excluding hydrogens is 128 g/mol. The molecule has 0 aromatic carbocycles. The summed E-state index contributed by atoms with van der Waals surface area (Å²) in [6.07, 6.45) is 0.360. The lowest BCUT2D eigenvalue weighted by atomic mass is 10.4. The molecule has 0 aliphatic rings. The zero-order chi connectivity index (χ0) is 6.69. The predicted molar refractivity (Wildman–Crippen MR) is 23.6 cm³/mol. The average molecular weight is 130 g/mol. The zero-order valence-corrected chi connectivity index (χ0v) is 4.25. The molecule has 47 valence electrons. The van der Waals surface area contributed by atoms with Crippen LogP contribution in [0.1, 0.15) is 12.0 Å². The van der Waals surface area contributed by atoms with Crippen molar-refractivity contribution in [2.45, 2.75) is 6.43 Å². The lowest BCUT2D eigenvalue weighted by Gasteiger charge is -1.91. The van der Waals surface area contributed by atoms with Crippen LogP contribution in [0, 0.1) is 6.20 Å². The minimum absolute atomic E-state index is 0.329. The van der Waals surface area contributed by atoms with Gasteiger partial charge in [0, 0.05) is 0 Å². The van der Waals surface area contributed by atoms with Crippen LogP contribution >= 0.6 is 0 Å². The maximum absolute atomic E-state index is 11.6. The third-order valence-corrected chi connectivity index (χ3v) is 0.707. The molecule has 0 fully saturated rings. The van der Waals surface area contributed by atoms with E-state index in [1.165, 1.54) is 0 Å². The van der Waals surface area contributed by atoms with Crippen LogP contribution in [0.25, 0.3) is 0 Å². The van der Waals surface area contributed by atoms with Crippen molar-refractivity contribution < 1.29 is 8.78 Å². The van der Waals surface area contributed by atoms with Crippen LogP contribution in [0.2, 0.25) is 0 Å². The molecule has 0 unspecified atom stereocenters. The van der Waals surface area contributed by atoms with Gasteiger partial charge >= 0.3 is 0 Å². The average Bonchev–Trinajstić information content (AvgIpc) is 1.90. The summed E-state index contributed by atoms with van der Waals surface area (Å²) in [6, 6.07) is 0. The molecule has 1 heterocycles. The number of hydrogen-bond donors (Lipinski definition) is 0. The molecule has 5 heteroatoms. The number of rotatable bonds is 1. The second-order valence-electron chi connectivity index (χ2n) is 1.30. The topological polar surface area (TPSA) is 38.7 Å². The van der Waals surface area contributed by atoms with E-state index in [4.69, 9.17) is 0 Å². The van der Waals surface area contributed by atoms with Gasteiger partial charge in [-0.25, -0.2) is 8.78 Å². The molecule has 1 rings (SSSR count). The van der Waals surface area contributed by atoms with E-state index < -0.39 is 6.43 Å². The Bertz CT molecular complexity index is 176. The van der Waals surface area contributed by atoms with Crippen LogP contribution in [-0.2, 0) is 0 Å². The van der Waals surface area contributed by atoms with Gasteiger partial charge in [0.25, 0.3) is 6.43 Å². The summed E-state index contributed by atoms with van der Waals surface area (Å²) >= 11 is 0. The van der Waals surface area contributed by atoms with Crippen molar-refractivity contribution in [2.24, 2.45) is 0 Å². The van der Waals surface area contributed by atoms with Crippen molar-refractivity contribution in [3.8, 4) is 0 Å². The van der Waals surface area contributed by atoms with Gasteiger partial charge in [0.05, 0.1) is 11.8 Å². The second-order valence-corrected chi connectivity index (χ2v) is 1.30. The summed E-state index contributed by atoms with van der Waals surface area (Å²) in [5, 5.41) is 9.21. The highest BCUT2D eigenvalue weighted by Crippen LogP contribution is 2.13. The molecule has 3 nitrogen and oxygen atoms in total. The van der Waals surface area contributed by atoms with Crippen LogP contribution in [0.15, 0.2) is 6.20 Å². The van der Waals surface area contributed by atoms with Gasteiger partial charge in [-0.3, -0.25) is 0 Å². The van der Waals surface area contributed by atoms with E-state index in [2.05, 4.69) is 15.4 Å². The molecule has 1 radical (unpaired) electrons. The van der Waals surface area contributed by atoms with Gasteiger partial charge in [-0.05, 0) is 5.21 Å².